The van der Waals surface area contributed by atoms with E-state index in [2.05, 4.69) is 10.4 Å². The number of ether oxygens (including phenoxy) is 2. The highest BCUT2D eigenvalue weighted by Crippen LogP contribution is 2.44. The van der Waals surface area contributed by atoms with E-state index in [9.17, 15) is 4.79 Å². The Balaban J connectivity index is 1.60. The third-order valence-electron chi connectivity index (χ3n) is 6.05. The van der Waals surface area contributed by atoms with Crippen molar-refractivity contribution in [2.24, 2.45) is 11.8 Å². The topological polar surface area (TPSA) is 65.4 Å². The van der Waals surface area contributed by atoms with Crippen LogP contribution >= 0.6 is 0 Å². The first-order valence-electron chi connectivity index (χ1n) is 9.74. The molecule has 4 rings (SSSR count). The number of carbonyl (C=O) groups is 1. The average molecular weight is 369 g/mol. The number of aryl methyl sites for hydroxylation is 1. The molecule has 2 aliphatic carbocycles. The van der Waals surface area contributed by atoms with E-state index < -0.39 is 0 Å². The van der Waals surface area contributed by atoms with Crippen LogP contribution in [0, 0.1) is 11.8 Å². The molecule has 3 unspecified atom stereocenters. The van der Waals surface area contributed by atoms with Crippen LogP contribution in [0.5, 0.6) is 11.5 Å². The molecule has 2 aromatic rings. The molecule has 1 N–H and O–H groups in total. The predicted molar refractivity (Wildman–Crippen MR) is 103 cm³/mol. The predicted octanol–water partition coefficient (Wildman–Crippen LogP) is 3.51. The first-order chi connectivity index (χ1) is 13.1. The third kappa shape index (κ3) is 3.29. The molecule has 2 aliphatic rings. The van der Waals surface area contributed by atoms with Crippen molar-refractivity contribution in [2.75, 3.05) is 14.2 Å². The van der Waals surface area contributed by atoms with E-state index in [1.807, 2.05) is 31.2 Å². The van der Waals surface area contributed by atoms with Gasteiger partial charge in [0.2, 0.25) is 0 Å². The maximum atomic E-state index is 12.9. The number of nitrogens with zero attached hydrogens (tertiary/aromatic N) is 2. The minimum atomic E-state index is -0.0272. The van der Waals surface area contributed by atoms with Crippen molar-refractivity contribution in [3.8, 4) is 22.8 Å². The molecule has 0 aliphatic heterocycles. The summed E-state index contributed by atoms with van der Waals surface area (Å²) in [6.07, 6.45) is 4.96. The number of methoxy groups -OCH3 is 2. The second kappa shape index (κ2) is 7.25. The van der Waals surface area contributed by atoms with Crippen LogP contribution < -0.4 is 14.8 Å². The molecule has 27 heavy (non-hydrogen) atoms. The molecule has 2 bridgehead atoms. The van der Waals surface area contributed by atoms with Crippen LogP contribution in [0.15, 0.2) is 24.3 Å². The Morgan fingerprint density at radius 3 is 2.70 bits per heavy atom. The zero-order chi connectivity index (χ0) is 19.0. The van der Waals surface area contributed by atoms with E-state index in [4.69, 9.17) is 9.47 Å². The molecular formula is C21H27N3O3. The van der Waals surface area contributed by atoms with E-state index >= 15 is 0 Å². The normalized spacial score (nSPS) is 23.4. The summed E-state index contributed by atoms with van der Waals surface area (Å²) in [5.41, 5.74) is 2.18. The van der Waals surface area contributed by atoms with Gasteiger partial charge in [-0.1, -0.05) is 6.42 Å². The van der Waals surface area contributed by atoms with Crippen molar-refractivity contribution < 1.29 is 14.3 Å². The molecule has 6 nitrogen and oxygen atoms in total. The smallest absolute Gasteiger partial charge is 0.269 e. The van der Waals surface area contributed by atoms with Crippen molar-refractivity contribution in [1.29, 1.82) is 0 Å². The lowest BCUT2D eigenvalue weighted by Gasteiger charge is -2.22. The molecule has 2 saturated carbocycles. The first kappa shape index (κ1) is 17.9. The van der Waals surface area contributed by atoms with Crippen LogP contribution in [-0.4, -0.2) is 35.9 Å². The number of aromatic nitrogens is 2. The van der Waals surface area contributed by atoms with Gasteiger partial charge in [0.05, 0.1) is 19.9 Å². The Labute approximate surface area is 159 Å². The quantitative estimate of drug-likeness (QED) is 0.846. The first-order valence-corrected chi connectivity index (χ1v) is 9.74. The van der Waals surface area contributed by atoms with Crippen molar-refractivity contribution >= 4 is 5.91 Å². The fourth-order valence-electron chi connectivity index (χ4n) is 4.65. The average Bonchev–Trinajstić information content (AvgIpc) is 3.42. The molecule has 0 radical (unpaired) electrons. The largest absolute Gasteiger partial charge is 0.497 e. The molecule has 1 amide bonds. The molecule has 2 fully saturated rings. The molecule has 3 atom stereocenters. The van der Waals surface area contributed by atoms with Crippen LogP contribution in [0.4, 0.5) is 0 Å². The number of hydrogen-bond acceptors (Lipinski definition) is 4. The number of nitrogens with one attached hydrogen (secondary N) is 1. The summed E-state index contributed by atoms with van der Waals surface area (Å²) in [7, 11) is 3.25. The molecular weight excluding hydrogens is 342 g/mol. The molecule has 0 spiro atoms. The molecule has 6 heteroatoms. The lowest BCUT2D eigenvalue weighted by atomic mass is 9.95. The summed E-state index contributed by atoms with van der Waals surface area (Å²) in [5.74, 6) is 2.82. The highest BCUT2D eigenvalue weighted by molar-refractivity contribution is 5.94. The molecule has 1 heterocycles. The number of fused-ring (bicyclic) bond motifs is 2. The van der Waals surface area contributed by atoms with Gasteiger partial charge in [0.1, 0.15) is 17.2 Å². The van der Waals surface area contributed by atoms with Crippen LogP contribution in [0.25, 0.3) is 11.3 Å². The van der Waals surface area contributed by atoms with E-state index in [1.165, 1.54) is 19.3 Å². The van der Waals surface area contributed by atoms with E-state index in [1.54, 1.807) is 18.9 Å². The second-order valence-electron chi connectivity index (χ2n) is 7.55. The Hall–Kier alpha value is -2.50. The Morgan fingerprint density at radius 2 is 2.07 bits per heavy atom. The summed E-state index contributed by atoms with van der Waals surface area (Å²) >= 11 is 0. The van der Waals surface area contributed by atoms with Crippen molar-refractivity contribution in [2.45, 2.75) is 45.2 Å². The second-order valence-corrected chi connectivity index (χ2v) is 7.55. The van der Waals surface area contributed by atoms with Gasteiger partial charge in [-0.05, 0) is 56.2 Å². The lowest BCUT2D eigenvalue weighted by molar-refractivity contribution is 0.0912. The number of amides is 1. The maximum Gasteiger partial charge on any atom is 0.269 e. The molecule has 1 aromatic heterocycles. The molecule has 0 saturated heterocycles. The van der Waals surface area contributed by atoms with Crippen LogP contribution in [0.1, 0.15) is 43.1 Å². The molecule has 144 valence electrons. The van der Waals surface area contributed by atoms with Crippen molar-refractivity contribution in [1.82, 2.24) is 15.1 Å². The van der Waals surface area contributed by atoms with Gasteiger partial charge in [-0.3, -0.25) is 9.48 Å². The van der Waals surface area contributed by atoms with Gasteiger partial charge < -0.3 is 14.8 Å². The van der Waals surface area contributed by atoms with Gasteiger partial charge in [0.15, 0.2) is 0 Å². The van der Waals surface area contributed by atoms with Gasteiger partial charge >= 0.3 is 0 Å². The van der Waals surface area contributed by atoms with E-state index in [-0.39, 0.29) is 5.91 Å². The number of carbonyl (C=O) groups excluding carboxylic acids is 1. The maximum absolute atomic E-state index is 12.9. The Kier molecular flexibility index (Phi) is 4.81. The highest BCUT2D eigenvalue weighted by atomic mass is 16.5. The van der Waals surface area contributed by atoms with Crippen molar-refractivity contribution in [3.63, 3.8) is 0 Å². The van der Waals surface area contributed by atoms with Crippen LogP contribution in [0.2, 0.25) is 0 Å². The van der Waals surface area contributed by atoms with E-state index in [0.29, 0.717) is 29.9 Å². The van der Waals surface area contributed by atoms with E-state index in [0.717, 1.165) is 29.3 Å². The number of rotatable bonds is 6. The lowest BCUT2D eigenvalue weighted by Crippen LogP contribution is -2.39. The zero-order valence-corrected chi connectivity index (χ0v) is 16.2. The Morgan fingerprint density at radius 1 is 1.22 bits per heavy atom. The highest BCUT2D eigenvalue weighted by Gasteiger charge is 2.40. The van der Waals surface area contributed by atoms with Crippen LogP contribution in [0.3, 0.4) is 0 Å². The van der Waals surface area contributed by atoms with Gasteiger partial charge in [0.25, 0.3) is 5.91 Å². The van der Waals surface area contributed by atoms with Gasteiger partial charge in [-0.25, -0.2) is 0 Å². The minimum absolute atomic E-state index is 0.0272. The number of hydrogen-bond donors (Lipinski definition) is 1. The summed E-state index contributed by atoms with van der Waals surface area (Å²) in [6, 6.07) is 7.79. The summed E-state index contributed by atoms with van der Waals surface area (Å²) in [5, 5.41) is 7.90. The number of benzene rings is 1. The van der Waals surface area contributed by atoms with Gasteiger partial charge in [-0.2, -0.15) is 5.10 Å². The monoisotopic (exact) mass is 369 g/mol. The minimum Gasteiger partial charge on any atom is -0.497 e. The van der Waals surface area contributed by atoms with Crippen molar-refractivity contribution in [3.05, 3.63) is 30.0 Å². The summed E-state index contributed by atoms with van der Waals surface area (Å²) in [4.78, 5) is 12.9. The summed E-state index contributed by atoms with van der Waals surface area (Å²) < 4.78 is 12.5. The SMILES string of the molecule is CCn1nc(-c2ccc(OC)cc2OC)cc1C(=O)NC1CC2CCC1C2. The molecule has 1 aromatic carbocycles. The zero-order valence-electron chi connectivity index (χ0n) is 16.2. The third-order valence-corrected chi connectivity index (χ3v) is 6.05. The Bertz CT molecular complexity index is 845. The standard InChI is InChI=1S/C21H27N3O3/c1-4-24-19(21(25)22-17-10-13-5-6-14(17)9-13)12-18(23-24)16-8-7-15(26-2)11-20(16)27-3/h7-8,11-14,17H,4-6,9-10H2,1-3H3,(H,22,25). The summed E-state index contributed by atoms with van der Waals surface area (Å²) in [6.45, 7) is 2.63. The van der Waals surface area contributed by atoms with Gasteiger partial charge in [0, 0.05) is 24.2 Å². The fourth-order valence-corrected chi connectivity index (χ4v) is 4.65. The van der Waals surface area contributed by atoms with Crippen LogP contribution in [-0.2, 0) is 6.54 Å². The van der Waals surface area contributed by atoms with Gasteiger partial charge in [-0.15, -0.1) is 0 Å². The fraction of sp³-hybridized carbons (Fsp3) is 0.524.